The highest BCUT2D eigenvalue weighted by molar-refractivity contribution is 9.10. The molecule has 0 aromatic heterocycles. The fourth-order valence-corrected chi connectivity index (χ4v) is 5.99. The molecule has 0 aliphatic carbocycles. The summed E-state index contributed by atoms with van der Waals surface area (Å²) in [4.78, 5) is 40.8. The van der Waals surface area contributed by atoms with Crippen LogP contribution in [0, 0.1) is 0 Å². The first kappa shape index (κ1) is 29.4. The van der Waals surface area contributed by atoms with Gasteiger partial charge >= 0.3 is 5.97 Å². The number of unbranched alkanes of at least 4 members (excludes halogenated alkanes) is 2. The van der Waals surface area contributed by atoms with Gasteiger partial charge in [0.25, 0.3) is 11.8 Å². The molecule has 37 heavy (non-hydrogen) atoms. The van der Waals surface area contributed by atoms with Crippen molar-refractivity contribution in [2.45, 2.75) is 51.9 Å². The molecule has 0 radical (unpaired) electrons. The van der Waals surface area contributed by atoms with Crippen LogP contribution < -0.4 is 9.47 Å². The second-order valence-corrected chi connectivity index (χ2v) is 11.2. The Balaban J connectivity index is 1.65. The summed E-state index contributed by atoms with van der Waals surface area (Å²) in [7, 11) is 1.38. The van der Waals surface area contributed by atoms with Crippen molar-refractivity contribution in [2.24, 2.45) is 0 Å². The molecule has 0 N–H and O–H groups in total. The number of carbonyl (C=O) groups is 3. The fourth-order valence-electron chi connectivity index (χ4n) is 4.11. The van der Waals surface area contributed by atoms with Crippen molar-refractivity contribution in [3.8, 4) is 11.5 Å². The Kier molecular flexibility index (Phi) is 11.7. The Bertz CT molecular complexity index is 1040. The van der Waals surface area contributed by atoms with Crippen LogP contribution in [0.15, 0.2) is 21.5 Å². The zero-order chi connectivity index (χ0) is 26.8. The molecule has 0 bridgehead atoms. The Hall–Kier alpha value is -2.11. The first-order valence-corrected chi connectivity index (χ1v) is 14.5. The number of rotatable bonds is 12. The zero-order valence-electron chi connectivity index (χ0n) is 21.3. The summed E-state index contributed by atoms with van der Waals surface area (Å²) in [5, 5.41) is 0. The number of amides is 2. The van der Waals surface area contributed by atoms with Crippen molar-refractivity contribution in [2.75, 3.05) is 40.0 Å². The lowest BCUT2D eigenvalue weighted by Crippen LogP contribution is -2.38. The number of methoxy groups -OCH3 is 1. The quantitative estimate of drug-likeness (QED) is 0.138. The summed E-state index contributed by atoms with van der Waals surface area (Å²) in [6.07, 6.45) is 7.62. The minimum atomic E-state index is -0.226. The highest BCUT2D eigenvalue weighted by Gasteiger charge is 2.31. The van der Waals surface area contributed by atoms with E-state index >= 15 is 0 Å². The third-order valence-corrected chi connectivity index (χ3v) is 8.01. The third-order valence-electron chi connectivity index (χ3n) is 6.04. The molecule has 8 nitrogen and oxygen atoms in total. The molecule has 0 spiro atoms. The lowest BCUT2D eigenvalue weighted by Gasteiger charge is -2.26. The highest BCUT2D eigenvalue weighted by Crippen LogP contribution is 2.39. The largest absolute Gasteiger partial charge is 0.490 e. The van der Waals surface area contributed by atoms with Crippen LogP contribution in [0.25, 0.3) is 6.08 Å². The monoisotopic (exact) mass is 612 g/mol. The number of esters is 1. The van der Waals surface area contributed by atoms with Crippen molar-refractivity contribution in [1.29, 1.82) is 0 Å². The molecular formula is C26H33BrN2O6S2. The number of carbonyl (C=O) groups excluding carboxylic acids is 3. The van der Waals surface area contributed by atoms with Crippen molar-refractivity contribution < 1.29 is 28.6 Å². The lowest BCUT2D eigenvalue weighted by atomic mass is 10.1. The number of hydrogen-bond acceptors (Lipinski definition) is 8. The average Bonchev–Trinajstić information content (AvgIpc) is 3.15. The standard InChI is InChI=1S/C26H33BrN2O6S2/c1-3-34-20-15-18(14-19(27)24(20)35-17-22(30)28-11-7-5-8-12-28)16-21-25(32)29(26(36)37-21)13-9-4-6-10-23(31)33-2/h14-16H,3-13,17H2,1-2H3/b21-16+. The van der Waals surface area contributed by atoms with E-state index in [1.807, 2.05) is 17.9 Å². The maximum atomic E-state index is 13.0. The van der Waals surface area contributed by atoms with Crippen LogP contribution >= 0.6 is 39.9 Å². The van der Waals surface area contributed by atoms with Crippen LogP contribution in [0.4, 0.5) is 0 Å². The highest BCUT2D eigenvalue weighted by atomic mass is 79.9. The number of nitrogens with zero attached hydrogens (tertiary/aromatic N) is 2. The summed E-state index contributed by atoms with van der Waals surface area (Å²) in [6.45, 7) is 4.29. The maximum absolute atomic E-state index is 13.0. The van der Waals surface area contributed by atoms with Crippen molar-refractivity contribution in [3.05, 3.63) is 27.1 Å². The molecular weight excluding hydrogens is 580 g/mol. The summed E-state index contributed by atoms with van der Waals surface area (Å²) in [5.74, 6) is 0.562. The van der Waals surface area contributed by atoms with Gasteiger partial charge in [-0.25, -0.2) is 0 Å². The number of thiocarbonyl (C=S) groups is 1. The molecule has 2 aliphatic rings. The molecule has 202 valence electrons. The van der Waals surface area contributed by atoms with Gasteiger partial charge in [-0.05, 0) is 78.7 Å². The minimum Gasteiger partial charge on any atom is -0.490 e. The van der Waals surface area contributed by atoms with Gasteiger partial charge in [-0.1, -0.05) is 30.4 Å². The number of likely N-dealkylation sites (tertiary alicyclic amines) is 1. The Morgan fingerprint density at radius 3 is 2.59 bits per heavy atom. The van der Waals surface area contributed by atoms with E-state index in [1.54, 1.807) is 17.0 Å². The first-order chi connectivity index (χ1) is 17.8. The average molecular weight is 614 g/mol. The predicted octanol–water partition coefficient (Wildman–Crippen LogP) is 5.17. The van der Waals surface area contributed by atoms with E-state index in [2.05, 4.69) is 20.7 Å². The number of ether oxygens (including phenoxy) is 3. The topological polar surface area (TPSA) is 85.4 Å². The molecule has 11 heteroatoms. The second-order valence-electron chi connectivity index (χ2n) is 8.71. The number of piperidine rings is 1. The van der Waals surface area contributed by atoms with Gasteiger partial charge in [0.2, 0.25) is 0 Å². The summed E-state index contributed by atoms with van der Waals surface area (Å²) < 4.78 is 17.5. The SMILES string of the molecule is CCOc1cc(/C=C2/SC(=S)N(CCCCCC(=O)OC)C2=O)cc(Br)c1OCC(=O)N1CCCCC1. The Labute approximate surface area is 236 Å². The summed E-state index contributed by atoms with van der Waals surface area (Å²) >= 11 is 10.3. The van der Waals surface area contributed by atoms with Crippen LogP contribution in [0.5, 0.6) is 11.5 Å². The van der Waals surface area contributed by atoms with Crippen LogP contribution in [-0.4, -0.2) is 71.9 Å². The van der Waals surface area contributed by atoms with E-state index in [-0.39, 0.29) is 24.4 Å². The summed E-state index contributed by atoms with van der Waals surface area (Å²) in [6, 6.07) is 3.64. The fraction of sp³-hybridized carbons (Fsp3) is 0.538. The molecule has 2 amide bonds. The molecule has 2 heterocycles. The van der Waals surface area contributed by atoms with Crippen LogP contribution in [0.3, 0.4) is 0 Å². The van der Waals surface area contributed by atoms with Crippen molar-refractivity contribution in [3.63, 3.8) is 0 Å². The van der Waals surface area contributed by atoms with E-state index < -0.39 is 0 Å². The van der Waals surface area contributed by atoms with Crippen LogP contribution in [-0.2, 0) is 19.1 Å². The molecule has 2 aliphatic heterocycles. The van der Waals surface area contributed by atoms with Gasteiger partial charge in [0.05, 0.1) is 23.1 Å². The van der Waals surface area contributed by atoms with Crippen LogP contribution in [0.1, 0.15) is 57.4 Å². The van der Waals surface area contributed by atoms with E-state index in [9.17, 15) is 14.4 Å². The van der Waals surface area contributed by atoms with E-state index in [1.165, 1.54) is 18.9 Å². The number of thioether (sulfide) groups is 1. The molecule has 0 unspecified atom stereocenters. The van der Waals surface area contributed by atoms with Gasteiger partial charge in [-0.2, -0.15) is 0 Å². The van der Waals surface area contributed by atoms with Gasteiger partial charge in [-0.15, -0.1) is 0 Å². The minimum absolute atomic E-state index is 0.0351. The summed E-state index contributed by atoms with van der Waals surface area (Å²) in [5.41, 5.74) is 0.753. The molecule has 2 saturated heterocycles. The van der Waals surface area contributed by atoms with Gasteiger partial charge < -0.3 is 19.1 Å². The third kappa shape index (κ3) is 8.44. The Morgan fingerprint density at radius 2 is 1.89 bits per heavy atom. The molecule has 0 atom stereocenters. The number of halogens is 1. The molecule has 1 aromatic carbocycles. The van der Waals surface area contributed by atoms with Gasteiger partial charge in [0.1, 0.15) is 4.32 Å². The van der Waals surface area contributed by atoms with Crippen molar-refractivity contribution >= 4 is 68.1 Å². The number of benzene rings is 1. The molecule has 3 rings (SSSR count). The lowest BCUT2D eigenvalue weighted by molar-refractivity contribution is -0.140. The number of hydrogen-bond donors (Lipinski definition) is 0. The van der Waals surface area contributed by atoms with Gasteiger partial charge in [0.15, 0.2) is 18.1 Å². The van der Waals surface area contributed by atoms with E-state index in [0.717, 1.165) is 50.8 Å². The molecule has 0 saturated carbocycles. The molecule has 2 fully saturated rings. The predicted molar refractivity (Wildman–Crippen MR) is 152 cm³/mol. The van der Waals surface area contributed by atoms with Gasteiger partial charge in [0, 0.05) is 26.1 Å². The van der Waals surface area contributed by atoms with E-state index in [4.69, 9.17) is 21.7 Å². The van der Waals surface area contributed by atoms with E-state index in [0.29, 0.717) is 51.2 Å². The maximum Gasteiger partial charge on any atom is 0.305 e. The zero-order valence-corrected chi connectivity index (χ0v) is 24.5. The van der Waals surface area contributed by atoms with Crippen LogP contribution in [0.2, 0.25) is 0 Å². The van der Waals surface area contributed by atoms with Gasteiger partial charge in [-0.3, -0.25) is 19.3 Å². The smallest absolute Gasteiger partial charge is 0.305 e. The Morgan fingerprint density at radius 1 is 1.14 bits per heavy atom. The molecule has 1 aromatic rings. The second kappa shape index (κ2) is 14.7. The first-order valence-electron chi connectivity index (χ1n) is 12.5. The van der Waals surface area contributed by atoms with Crippen molar-refractivity contribution in [1.82, 2.24) is 9.80 Å². The normalized spacial score (nSPS) is 16.9.